The average molecular weight is 553 g/mol. The lowest BCUT2D eigenvalue weighted by Gasteiger charge is -2.39. The summed E-state index contributed by atoms with van der Waals surface area (Å²) in [6, 6.07) is 10.6. The van der Waals surface area contributed by atoms with Gasteiger partial charge >= 0.3 is 0 Å². The molecule has 4 nitrogen and oxygen atoms in total. The zero-order chi connectivity index (χ0) is 28.0. The molecular weight excluding hydrogens is 500 g/mol. The molecule has 1 aromatic carbocycles. The summed E-state index contributed by atoms with van der Waals surface area (Å²) in [5, 5.41) is 2.15. The van der Waals surface area contributed by atoms with Gasteiger partial charge in [0.2, 0.25) is 11.8 Å². The Kier molecular flexibility index (Phi) is 13.6. The van der Waals surface area contributed by atoms with Crippen LogP contribution in [0.2, 0.25) is 0 Å². The number of hydrogen-bond donors (Lipinski definition) is 0. The van der Waals surface area contributed by atoms with Crippen LogP contribution in [0, 0.1) is 6.92 Å². The highest BCUT2D eigenvalue weighted by molar-refractivity contribution is 7.10. The van der Waals surface area contributed by atoms with Crippen molar-refractivity contribution in [3.63, 3.8) is 0 Å². The molecule has 39 heavy (non-hydrogen) atoms. The lowest BCUT2D eigenvalue weighted by atomic mass is 9.90. The Morgan fingerprint density at radius 3 is 2.21 bits per heavy atom. The lowest BCUT2D eigenvalue weighted by molar-refractivity contribution is -0.143. The molecule has 0 bridgehead atoms. The monoisotopic (exact) mass is 552 g/mol. The molecule has 1 aliphatic rings. The second-order valence-electron chi connectivity index (χ2n) is 11.5. The van der Waals surface area contributed by atoms with Gasteiger partial charge in [0.15, 0.2) is 0 Å². The number of carbonyl (C=O) groups is 2. The van der Waals surface area contributed by atoms with Crippen molar-refractivity contribution in [2.45, 2.75) is 130 Å². The number of thiophene rings is 1. The Hall–Kier alpha value is -2.14. The molecule has 0 aliphatic carbocycles. The van der Waals surface area contributed by atoms with Crippen LogP contribution in [0.15, 0.2) is 35.7 Å². The first-order chi connectivity index (χ1) is 19.0. The van der Waals surface area contributed by atoms with E-state index in [1.165, 1.54) is 79.4 Å². The molecule has 216 valence electrons. The van der Waals surface area contributed by atoms with E-state index in [9.17, 15) is 9.59 Å². The van der Waals surface area contributed by atoms with Gasteiger partial charge in [0.1, 0.15) is 6.54 Å². The summed E-state index contributed by atoms with van der Waals surface area (Å²) >= 11 is 1.79. The zero-order valence-corrected chi connectivity index (χ0v) is 25.9. The van der Waals surface area contributed by atoms with E-state index in [4.69, 9.17) is 0 Å². The van der Waals surface area contributed by atoms with Crippen molar-refractivity contribution in [2.75, 3.05) is 13.1 Å². The fourth-order valence-corrected chi connectivity index (χ4v) is 6.75. The molecule has 5 heteroatoms. The van der Waals surface area contributed by atoms with Crippen LogP contribution >= 0.6 is 11.3 Å². The molecule has 3 rings (SSSR count). The quantitative estimate of drug-likeness (QED) is 0.184. The van der Waals surface area contributed by atoms with Gasteiger partial charge in [0.05, 0.1) is 6.04 Å². The number of aryl methyl sites for hydroxylation is 1. The third kappa shape index (κ3) is 9.20. The Balaban J connectivity index is 1.54. The first-order valence-corrected chi connectivity index (χ1v) is 16.6. The van der Waals surface area contributed by atoms with Gasteiger partial charge in [-0.25, -0.2) is 0 Å². The minimum atomic E-state index is -0.0748. The van der Waals surface area contributed by atoms with Gasteiger partial charge in [-0.2, -0.15) is 0 Å². The minimum Gasteiger partial charge on any atom is -0.331 e. The number of benzene rings is 1. The smallest absolute Gasteiger partial charge is 0.243 e. The van der Waals surface area contributed by atoms with Crippen molar-refractivity contribution in [2.24, 2.45) is 0 Å². The fraction of sp³-hybridized carbons (Fsp3) is 0.647. The molecule has 0 saturated carbocycles. The summed E-state index contributed by atoms with van der Waals surface area (Å²) < 4.78 is 0. The molecule has 2 heterocycles. The summed E-state index contributed by atoms with van der Waals surface area (Å²) in [5.41, 5.74) is 3.63. The van der Waals surface area contributed by atoms with Gasteiger partial charge in [-0.1, -0.05) is 102 Å². The number of amides is 2. The first kappa shape index (κ1) is 31.4. The summed E-state index contributed by atoms with van der Waals surface area (Å²) in [6.45, 7) is 9.45. The largest absolute Gasteiger partial charge is 0.331 e. The highest BCUT2D eigenvalue weighted by Crippen LogP contribution is 2.39. The van der Waals surface area contributed by atoms with E-state index in [0.29, 0.717) is 13.0 Å². The number of rotatable bonds is 17. The van der Waals surface area contributed by atoms with Gasteiger partial charge < -0.3 is 9.80 Å². The van der Waals surface area contributed by atoms with E-state index in [1.54, 1.807) is 11.3 Å². The minimum absolute atomic E-state index is 0.0626. The molecule has 2 unspecified atom stereocenters. The number of nitrogens with zero attached hydrogens (tertiary/aromatic N) is 2. The Bertz CT molecular complexity index is 1020. The van der Waals surface area contributed by atoms with E-state index >= 15 is 0 Å². The van der Waals surface area contributed by atoms with Crippen LogP contribution in [0.5, 0.6) is 0 Å². The van der Waals surface area contributed by atoms with Crippen LogP contribution in [0.3, 0.4) is 0 Å². The Labute approximate surface area is 242 Å². The molecule has 1 aromatic heterocycles. The summed E-state index contributed by atoms with van der Waals surface area (Å²) in [4.78, 5) is 32.5. The molecule has 2 aromatic rings. The Morgan fingerprint density at radius 2 is 1.56 bits per heavy atom. The van der Waals surface area contributed by atoms with Crippen molar-refractivity contribution in [1.29, 1.82) is 0 Å². The van der Waals surface area contributed by atoms with Gasteiger partial charge in [-0.3, -0.25) is 9.59 Å². The molecule has 0 saturated heterocycles. The summed E-state index contributed by atoms with van der Waals surface area (Å²) in [6.07, 6.45) is 16.3. The highest BCUT2D eigenvalue weighted by Gasteiger charge is 2.35. The molecule has 0 radical (unpaired) electrons. The molecule has 0 fully saturated rings. The molecule has 2 amide bonds. The molecular formula is C34H52N2O2S. The van der Waals surface area contributed by atoms with Crippen molar-refractivity contribution in [3.05, 3.63) is 57.3 Å². The number of unbranched alkanes of at least 4 members (excludes halogenated alkanes) is 10. The van der Waals surface area contributed by atoms with Crippen LogP contribution < -0.4 is 0 Å². The van der Waals surface area contributed by atoms with Crippen LogP contribution in [0.25, 0.3) is 0 Å². The Morgan fingerprint density at radius 1 is 0.923 bits per heavy atom. The van der Waals surface area contributed by atoms with Crippen molar-refractivity contribution >= 4 is 23.2 Å². The van der Waals surface area contributed by atoms with Crippen LogP contribution in [0.4, 0.5) is 0 Å². The lowest BCUT2D eigenvalue weighted by Crippen LogP contribution is -2.49. The van der Waals surface area contributed by atoms with E-state index in [2.05, 4.69) is 63.4 Å². The summed E-state index contributed by atoms with van der Waals surface area (Å²) in [7, 11) is 0. The van der Waals surface area contributed by atoms with Gasteiger partial charge in [-0.15, -0.1) is 11.3 Å². The van der Waals surface area contributed by atoms with E-state index in [1.807, 2.05) is 9.80 Å². The SMILES string of the molecule is CCCCCCCCCCCCCC(=O)N(CC(=O)N1CCc2sccc2C1c1ccccc1C)C(C)CC. The third-order valence-corrected chi connectivity index (χ3v) is 9.51. The average Bonchev–Trinajstić information content (AvgIpc) is 3.43. The van der Waals surface area contributed by atoms with E-state index in [-0.39, 0.29) is 30.4 Å². The standard InChI is InChI=1S/C34H52N2O2S/c1-5-7-8-9-10-11-12-13-14-15-16-21-32(37)36(28(4)6-2)26-33(38)35-24-22-31-30(23-25-39-31)34(35)29-20-18-17-19-27(29)3/h17-20,23,25,28,34H,5-16,21-22,24,26H2,1-4H3. The van der Waals surface area contributed by atoms with Crippen LogP contribution in [-0.4, -0.2) is 40.7 Å². The maximum Gasteiger partial charge on any atom is 0.243 e. The van der Waals surface area contributed by atoms with Gasteiger partial charge in [0.25, 0.3) is 0 Å². The second kappa shape index (κ2) is 16.8. The molecule has 1 aliphatic heterocycles. The number of hydrogen-bond acceptors (Lipinski definition) is 3. The van der Waals surface area contributed by atoms with Crippen molar-refractivity contribution in [3.8, 4) is 0 Å². The maximum absolute atomic E-state index is 13.9. The predicted octanol–water partition coefficient (Wildman–Crippen LogP) is 8.86. The molecule has 0 spiro atoms. The number of carbonyl (C=O) groups excluding carboxylic acids is 2. The first-order valence-electron chi connectivity index (χ1n) is 15.7. The van der Waals surface area contributed by atoms with Crippen LogP contribution in [0.1, 0.15) is 132 Å². The maximum atomic E-state index is 13.9. The molecule has 0 N–H and O–H groups in total. The van der Waals surface area contributed by atoms with Gasteiger partial charge in [0, 0.05) is 23.9 Å². The molecule has 2 atom stereocenters. The van der Waals surface area contributed by atoms with E-state index < -0.39 is 0 Å². The van der Waals surface area contributed by atoms with E-state index in [0.717, 1.165) is 25.7 Å². The highest BCUT2D eigenvalue weighted by atomic mass is 32.1. The topological polar surface area (TPSA) is 40.6 Å². The second-order valence-corrected chi connectivity index (χ2v) is 12.5. The number of fused-ring (bicyclic) bond motifs is 1. The van der Waals surface area contributed by atoms with Crippen LogP contribution in [-0.2, 0) is 16.0 Å². The fourth-order valence-electron chi connectivity index (χ4n) is 5.84. The van der Waals surface area contributed by atoms with Crippen molar-refractivity contribution in [1.82, 2.24) is 9.80 Å². The van der Waals surface area contributed by atoms with Crippen molar-refractivity contribution < 1.29 is 9.59 Å². The summed E-state index contributed by atoms with van der Waals surface area (Å²) in [5.74, 6) is 0.196. The van der Waals surface area contributed by atoms with Gasteiger partial charge in [-0.05, 0) is 61.2 Å². The third-order valence-electron chi connectivity index (χ3n) is 8.51. The normalized spacial score (nSPS) is 15.7. The predicted molar refractivity (Wildman–Crippen MR) is 165 cm³/mol. The zero-order valence-electron chi connectivity index (χ0n) is 25.1.